The average Bonchev–Trinajstić information content (AvgIpc) is 2.84. The highest BCUT2D eigenvalue weighted by Gasteiger charge is 2.16. The van der Waals surface area contributed by atoms with Crippen molar-refractivity contribution in [2.75, 3.05) is 33.2 Å². The quantitative estimate of drug-likeness (QED) is 0.931. The molecule has 3 nitrogen and oxygen atoms in total. The molecule has 0 unspecified atom stereocenters. The van der Waals surface area contributed by atoms with Gasteiger partial charge in [0.25, 0.3) is 0 Å². The molecule has 2 aromatic rings. The first kappa shape index (κ1) is 13.1. The third-order valence-electron chi connectivity index (χ3n) is 3.97. The van der Waals surface area contributed by atoms with Crippen LogP contribution in [0.4, 0.5) is 0 Å². The molecule has 2 heterocycles. The molecule has 1 aromatic carbocycles. The van der Waals surface area contributed by atoms with E-state index in [0.29, 0.717) is 6.54 Å². The van der Waals surface area contributed by atoms with Crippen LogP contribution in [0.2, 0.25) is 0 Å². The van der Waals surface area contributed by atoms with Crippen molar-refractivity contribution in [1.29, 1.82) is 0 Å². The maximum Gasteiger partial charge on any atom is 0.0390 e. The van der Waals surface area contributed by atoms with Gasteiger partial charge in [0.05, 0.1) is 0 Å². The molecule has 1 aliphatic rings. The number of hydrogen-bond donors (Lipinski definition) is 1. The zero-order valence-electron chi connectivity index (χ0n) is 11.4. The SMILES string of the molecule is CN1CCN(Cc2csc3c(CN)cccc23)CC1. The molecule has 1 aliphatic heterocycles. The minimum atomic E-state index is 0.631. The van der Waals surface area contributed by atoms with E-state index in [4.69, 9.17) is 5.73 Å². The third-order valence-corrected chi connectivity index (χ3v) is 5.09. The molecule has 0 bridgehead atoms. The number of thiophene rings is 1. The maximum absolute atomic E-state index is 5.82. The first-order valence-electron chi connectivity index (χ1n) is 6.87. The Morgan fingerprint density at radius 3 is 2.68 bits per heavy atom. The summed E-state index contributed by atoms with van der Waals surface area (Å²) >= 11 is 1.84. The fraction of sp³-hybridized carbons (Fsp3) is 0.467. The van der Waals surface area contributed by atoms with E-state index >= 15 is 0 Å². The number of piperazine rings is 1. The van der Waals surface area contributed by atoms with Gasteiger partial charge >= 0.3 is 0 Å². The summed E-state index contributed by atoms with van der Waals surface area (Å²) < 4.78 is 1.37. The topological polar surface area (TPSA) is 32.5 Å². The number of rotatable bonds is 3. The molecule has 0 saturated carbocycles. The standard InChI is InChI=1S/C15H21N3S/c1-17-5-7-18(8-6-17)10-13-11-19-15-12(9-16)3-2-4-14(13)15/h2-4,11H,5-10,16H2,1H3. The second-order valence-corrected chi connectivity index (χ2v) is 6.22. The number of nitrogens with zero attached hydrogens (tertiary/aromatic N) is 2. The van der Waals surface area contributed by atoms with Crippen LogP contribution >= 0.6 is 11.3 Å². The Morgan fingerprint density at radius 1 is 1.16 bits per heavy atom. The molecule has 1 saturated heterocycles. The largest absolute Gasteiger partial charge is 0.326 e. The van der Waals surface area contributed by atoms with Crippen molar-refractivity contribution in [3.05, 3.63) is 34.7 Å². The second-order valence-electron chi connectivity index (χ2n) is 5.34. The van der Waals surface area contributed by atoms with Crippen molar-refractivity contribution < 1.29 is 0 Å². The van der Waals surface area contributed by atoms with Gasteiger partial charge in [-0.1, -0.05) is 18.2 Å². The van der Waals surface area contributed by atoms with E-state index in [0.717, 1.165) is 6.54 Å². The lowest BCUT2D eigenvalue weighted by molar-refractivity contribution is 0.148. The normalized spacial score (nSPS) is 18.2. The number of nitrogens with two attached hydrogens (primary N) is 1. The molecule has 19 heavy (non-hydrogen) atoms. The second kappa shape index (κ2) is 5.59. The summed E-state index contributed by atoms with van der Waals surface area (Å²) in [5.74, 6) is 0. The third kappa shape index (κ3) is 2.67. The highest BCUT2D eigenvalue weighted by Crippen LogP contribution is 2.30. The van der Waals surface area contributed by atoms with Crippen molar-refractivity contribution in [3.8, 4) is 0 Å². The monoisotopic (exact) mass is 275 g/mol. The van der Waals surface area contributed by atoms with Crippen molar-refractivity contribution in [2.45, 2.75) is 13.1 Å². The Kier molecular flexibility index (Phi) is 3.84. The fourth-order valence-corrected chi connectivity index (χ4v) is 3.79. The average molecular weight is 275 g/mol. The van der Waals surface area contributed by atoms with E-state index in [1.165, 1.54) is 47.4 Å². The summed E-state index contributed by atoms with van der Waals surface area (Å²) in [5.41, 5.74) is 8.54. The molecule has 1 aromatic heterocycles. The Bertz CT molecular complexity index is 556. The molecule has 1 fully saturated rings. The van der Waals surface area contributed by atoms with E-state index in [2.05, 4.69) is 40.4 Å². The van der Waals surface area contributed by atoms with Crippen LogP contribution in [0.3, 0.4) is 0 Å². The van der Waals surface area contributed by atoms with Gasteiger partial charge in [0.15, 0.2) is 0 Å². The Balaban J connectivity index is 1.82. The van der Waals surface area contributed by atoms with Crippen LogP contribution in [0.1, 0.15) is 11.1 Å². The summed E-state index contributed by atoms with van der Waals surface area (Å²) in [6.07, 6.45) is 0. The van der Waals surface area contributed by atoms with Gasteiger partial charge in [0, 0.05) is 44.0 Å². The van der Waals surface area contributed by atoms with Crippen molar-refractivity contribution in [3.63, 3.8) is 0 Å². The molecule has 0 amide bonds. The lowest BCUT2D eigenvalue weighted by atomic mass is 10.1. The molecule has 3 rings (SSSR count). The summed E-state index contributed by atoms with van der Waals surface area (Å²) in [4.78, 5) is 4.95. The lowest BCUT2D eigenvalue weighted by Crippen LogP contribution is -2.43. The zero-order valence-corrected chi connectivity index (χ0v) is 12.2. The minimum Gasteiger partial charge on any atom is -0.326 e. The smallest absolute Gasteiger partial charge is 0.0390 e. The summed E-state index contributed by atoms with van der Waals surface area (Å²) in [7, 11) is 2.20. The van der Waals surface area contributed by atoms with Crippen LogP contribution in [0.5, 0.6) is 0 Å². The van der Waals surface area contributed by atoms with Gasteiger partial charge in [-0.2, -0.15) is 0 Å². The summed E-state index contributed by atoms with van der Waals surface area (Å²) in [6, 6.07) is 6.50. The van der Waals surface area contributed by atoms with E-state index in [-0.39, 0.29) is 0 Å². The van der Waals surface area contributed by atoms with Crippen LogP contribution < -0.4 is 5.73 Å². The van der Waals surface area contributed by atoms with Gasteiger partial charge in [0.1, 0.15) is 0 Å². The number of likely N-dealkylation sites (N-methyl/N-ethyl adjacent to an activating group) is 1. The molecular formula is C15H21N3S. The Hall–Kier alpha value is -0.940. The predicted octanol–water partition coefficient (Wildman–Crippen LogP) is 2.11. The number of hydrogen-bond acceptors (Lipinski definition) is 4. The first-order valence-corrected chi connectivity index (χ1v) is 7.75. The molecular weight excluding hydrogens is 254 g/mol. The molecule has 0 radical (unpaired) electrons. The van der Waals surface area contributed by atoms with Crippen molar-refractivity contribution in [1.82, 2.24) is 9.80 Å². The molecule has 4 heteroatoms. The van der Waals surface area contributed by atoms with E-state index in [9.17, 15) is 0 Å². The fourth-order valence-electron chi connectivity index (χ4n) is 2.70. The number of benzene rings is 1. The van der Waals surface area contributed by atoms with Crippen LogP contribution in [-0.2, 0) is 13.1 Å². The van der Waals surface area contributed by atoms with Crippen LogP contribution in [0.15, 0.2) is 23.6 Å². The molecule has 2 N–H and O–H groups in total. The Morgan fingerprint density at radius 2 is 1.95 bits per heavy atom. The lowest BCUT2D eigenvalue weighted by Gasteiger charge is -2.32. The van der Waals surface area contributed by atoms with Gasteiger partial charge in [-0.3, -0.25) is 4.90 Å². The molecule has 0 spiro atoms. The highest BCUT2D eigenvalue weighted by atomic mass is 32.1. The number of fused-ring (bicyclic) bond motifs is 1. The van der Waals surface area contributed by atoms with Gasteiger partial charge in [-0.25, -0.2) is 0 Å². The van der Waals surface area contributed by atoms with Gasteiger partial charge in [-0.05, 0) is 28.9 Å². The van der Waals surface area contributed by atoms with Crippen LogP contribution in [0.25, 0.3) is 10.1 Å². The van der Waals surface area contributed by atoms with E-state index in [1.54, 1.807) is 0 Å². The molecule has 0 atom stereocenters. The molecule has 102 valence electrons. The summed E-state index contributed by atoms with van der Waals surface area (Å²) in [5, 5.41) is 3.70. The van der Waals surface area contributed by atoms with E-state index < -0.39 is 0 Å². The van der Waals surface area contributed by atoms with E-state index in [1.807, 2.05) is 11.3 Å². The van der Waals surface area contributed by atoms with Gasteiger partial charge in [-0.15, -0.1) is 11.3 Å². The predicted molar refractivity (Wildman–Crippen MR) is 82.5 cm³/mol. The summed E-state index contributed by atoms with van der Waals surface area (Å²) in [6.45, 7) is 6.40. The van der Waals surface area contributed by atoms with Crippen molar-refractivity contribution in [2.24, 2.45) is 5.73 Å². The molecule has 0 aliphatic carbocycles. The Labute approximate surface area is 118 Å². The van der Waals surface area contributed by atoms with Crippen molar-refractivity contribution >= 4 is 21.4 Å². The first-order chi connectivity index (χ1) is 9.28. The maximum atomic E-state index is 5.82. The van der Waals surface area contributed by atoms with Crippen LogP contribution in [-0.4, -0.2) is 43.0 Å². The van der Waals surface area contributed by atoms with Gasteiger partial charge in [0.2, 0.25) is 0 Å². The van der Waals surface area contributed by atoms with Gasteiger partial charge < -0.3 is 10.6 Å². The van der Waals surface area contributed by atoms with Crippen LogP contribution in [0, 0.1) is 0 Å². The highest BCUT2D eigenvalue weighted by molar-refractivity contribution is 7.17. The zero-order chi connectivity index (χ0) is 13.2. The minimum absolute atomic E-state index is 0.631.